The number of aliphatic hydroxyl groups excluding tert-OH is 1. The molecule has 2 fully saturated rings. The summed E-state index contributed by atoms with van der Waals surface area (Å²) in [4.78, 5) is 14.9. The molecule has 0 radical (unpaired) electrons. The van der Waals surface area contributed by atoms with Crippen LogP contribution in [0.1, 0.15) is 64.5 Å². The second kappa shape index (κ2) is 7.88. The first-order chi connectivity index (χ1) is 13.8. The fraction of sp³-hybridized carbons (Fsp3) is 0.640. The fourth-order valence-electron chi connectivity index (χ4n) is 5.97. The number of nitrogens with zero attached hydrogens (tertiary/aromatic N) is 1. The molecule has 1 aromatic rings. The molecule has 6 atom stereocenters. The van der Waals surface area contributed by atoms with Crippen LogP contribution in [0.25, 0.3) is 0 Å². The van der Waals surface area contributed by atoms with Gasteiger partial charge in [-0.25, -0.2) is 0 Å². The molecule has 1 aliphatic heterocycles. The number of hydrogen-bond donors (Lipinski definition) is 1. The monoisotopic (exact) mass is 397 g/mol. The largest absolute Gasteiger partial charge is 0.462 e. The van der Waals surface area contributed by atoms with Crippen LogP contribution < -0.4 is 0 Å². The van der Waals surface area contributed by atoms with Gasteiger partial charge in [-0.05, 0) is 64.0 Å². The van der Waals surface area contributed by atoms with E-state index >= 15 is 0 Å². The maximum Gasteiger partial charge on any atom is 0.310 e. The predicted molar refractivity (Wildman–Crippen MR) is 114 cm³/mol. The van der Waals surface area contributed by atoms with Crippen LogP contribution in [0, 0.1) is 17.3 Å². The van der Waals surface area contributed by atoms with Crippen molar-refractivity contribution in [2.45, 2.75) is 71.1 Å². The topological polar surface area (TPSA) is 49.8 Å². The van der Waals surface area contributed by atoms with E-state index in [-0.39, 0.29) is 35.4 Å². The van der Waals surface area contributed by atoms with Gasteiger partial charge < -0.3 is 9.84 Å². The third-order valence-electron chi connectivity index (χ3n) is 7.96. The summed E-state index contributed by atoms with van der Waals surface area (Å²) in [5.41, 5.74) is 4.25. The molecular weight excluding hydrogens is 362 g/mol. The van der Waals surface area contributed by atoms with Crippen molar-refractivity contribution >= 4 is 5.97 Å². The van der Waals surface area contributed by atoms with Crippen LogP contribution in [0.3, 0.4) is 0 Å². The predicted octanol–water partition coefficient (Wildman–Crippen LogP) is 4.50. The number of allylic oxidation sites excluding steroid dienone is 2. The van der Waals surface area contributed by atoms with Crippen LogP contribution in [-0.4, -0.2) is 41.7 Å². The van der Waals surface area contributed by atoms with Crippen molar-refractivity contribution in [3.63, 3.8) is 0 Å². The van der Waals surface area contributed by atoms with Crippen molar-refractivity contribution < 1.29 is 14.6 Å². The molecule has 0 bridgehead atoms. The first kappa shape index (κ1) is 20.6. The van der Waals surface area contributed by atoms with Crippen molar-refractivity contribution in [2.24, 2.45) is 17.3 Å². The molecule has 29 heavy (non-hydrogen) atoms. The van der Waals surface area contributed by atoms with Crippen molar-refractivity contribution in [3.8, 4) is 0 Å². The smallest absolute Gasteiger partial charge is 0.310 e. The highest BCUT2D eigenvalue weighted by Gasteiger charge is 2.53. The standard InChI is InChI=1S/C25H35NO3/c1-16-9-8-12-25(3)14-22-19(13-21(16)25)20(24(28)29-22)15-26(4)17(2)23(27)18-10-6-5-7-11-18/h5-7,10-11,17,19-20,22-23,27H,8-9,12-15H2,1-4H3/t17-,19+,20-,22+,23+,25-/m0/s1. The second-order valence-corrected chi connectivity index (χ2v) is 9.86. The van der Waals surface area contributed by atoms with Crippen molar-refractivity contribution in [1.29, 1.82) is 0 Å². The molecular formula is C25H35NO3. The van der Waals surface area contributed by atoms with Crippen LogP contribution in [0.4, 0.5) is 0 Å². The van der Waals surface area contributed by atoms with Gasteiger partial charge >= 0.3 is 5.97 Å². The average molecular weight is 398 g/mol. The second-order valence-electron chi connectivity index (χ2n) is 9.86. The molecule has 2 aliphatic carbocycles. The zero-order chi connectivity index (χ0) is 20.8. The van der Waals surface area contributed by atoms with Gasteiger partial charge in [0.15, 0.2) is 0 Å². The van der Waals surface area contributed by atoms with Crippen molar-refractivity contribution in [2.75, 3.05) is 13.6 Å². The zero-order valence-electron chi connectivity index (χ0n) is 18.2. The average Bonchev–Trinajstić information content (AvgIpc) is 2.99. The Balaban J connectivity index is 1.48. The summed E-state index contributed by atoms with van der Waals surface area (Å²) in [5.74, 6) is 0.109. The molecule has 1 heterocycles. The van der Waals surface area contributed by atoms with Crippen LogP contribution in [-0.2, 0) is 9.53 Å². The van der Waals surface area contributed by atoms with E-state index in [9.17, 15) is 9.90 Å². The summed E-state index contributed by atoms with van der Waals surface area (Å²) in [6.07, 6.45) is 5.10. The van der Waals surface area contributed by atoms with Gasteiger partial charge in [-0.15, -0.1) is 0 Å². The molecule has 1 saturated heterocycles. The number of carbonyl (C=O) groups excluding carboxylic acids is 1. The Morgan fingerprint density at radius 1 is 1.31 bits per heavy atom. The summed E-state index contributed by atoms with van der Waals surface area (Å²) in [6, 6.07) is 9.68. The molecule has 0 spiro atoms. The summed E-state index contributed by atoms with van der Waals surface area (Å²) >= 11 is 0. The van der Waals surface area contributed by atoms with E-state index in [2.05, 4.69) is 18.7 Å². The van der Waals surface area contributed by atoms with Gasteiger partial charge in [0.25, 0.3) is 0 Å². The molecule has 4 heteroatoms. The van der Waals surface area contributed by atoms with E-state index in [1.54, 1.807) is 5.57 Å². The lowest BCUT2D eigenvalue weighted by atomic mass is 9.59. The Hall–Kier alpha value is -1.65. The normalized spacial score (nSPS) is 33.9. The summed E-state index contributed by atoms with van der Waals surface area (Å²) < 4.78 is 5.90. The number of benzene rings is 1. The molecule has 1 aromatic carbocycles. The minimum atomic E-state index is -0.577. The summed E-state index contributed by atoms with van der Waals surface area (Å²) in [7, 11) is 2.01. The molecule has 1 saturated carbocycles. The number of esters is 1. The fourth-order valence-corrected chi connectivity index (χ4v) is 5.97. The van der Waals surface area contributed by atoms with Crippen LogP contribution in [0.15, 0.2) is 41.5 Å². The molecule has 0 amide bonds. The Morgan fingerprint density at radius 3 is 2.76 bits per heavy atom. The van der Waals surface area contributed by atoms with Crippen LogP contribution in [0.2, 0.25) is 0 Å². The molecule has 0 unspecified atom stereocenters. The lowest BCUT2D eigenvalue weighted by Crippen LogP contribution is -2.43. The Bertz CT molecular complexity index is 789. The maximum absolute atomic E-state index is 12.8. The van der Waals surface area contributed by atoms with E-state index in [4.69, 9.17) is 4.74 Å². The van der Waals surface area contributed by atoms with Crippen LogP contribution in [0.5, 0.6) is 0 Å². The van der Waals surface area contributed by atoms with E-state index in [1.165, 1.54) is 24.8 Å². The van der Waals surface area contributed by atoms with Gasteiger partial charge in [-0.3, -0.25) is 9.69 Å². The van der Waals surface area contributed by atoms with Gasteiger partial charge in [0.1, 0.15) is 6.10 Å². The Kier molecular flexibility index (Phi) is 5.60. The first-order valence-electron chi connectivity index (χ1n) is 11.1. The van der Waals surface area contributed by atoms with Crippen molar-refractivity contribution in [3.05, 3.63) is 47.0 Å². The third-order valence-corrected chi connectivity index (χ3v) is 7.96. The summed E-state index contributed by atoms with van der Waals surface area (Å²) in [5, 5.41) is 10.8. The lowest BCUT2D eigenvalue weighted by molar-refractivity contribution is -0.145. The number of rotatable bonds is 5. The molecule has 3 aliphatic rings. The van der Waals surface area contributed by atoms with E-state index in [0.29, 0.717) is 6.54 Å². The molecule has 4 nitrogen and oxygen atoms in total. The first-order valence-corrected chi connectivity index (χ1v) is 11.1. The van der Waals surface area contributed by atoms with Gasteiger partial charge in [-0.2, -0.15) is 0 Å². The number of hydrogen-bond acceptors (Lipinski definition) is 4. The number of carbonyl (C=O) groups is 1. The Labute approximate surface area is 174 Å². The number of ether oxygens (including phenoxy) is 1. The van der Waals surface area contributed by atoms with Crippen molar-refractivity contribution in [1.82, 2.24) is 4.90 Å². The van der Waals surface area contributed by atoms with Gasteiger partial charge in [0.2, 0.25) is 0 Å². The molecule has 1 N–H and O–H groups in total. The minimum Gasteiger partial charge on any atom is -0.462 e. The number of aliphatic hydroxyl groups is 1. The number of fused-ring (bicyclic) bond motifs is 2. The highest BCUT2D eigenvalue weighted by atomic mass is 16.6. The molecule has 4 rings (SSSR count). The molecule has 0 aromatic heterocycles. The Morgan fingerprint density at radius 2 is 2.03 bits per heavy atom. The van der Waals surface area contributed by atoms with Gasteiger partial charge in [0.05, 0.1) is 12.0 Å². The SMILES string of the molecule is CC1=C2C[C@@H]3[C@H](CN(C)[C@@H](C)[C@@H](O)c4ccccc4)C(=O)O[C@@H]3C[C@]2(C)CCC1. The lowest BCUT2D eigenvalue weighted by Gasteiger charge is -2.46. The summed E-state index contributed by atoms with van der Waals surface area (Å²) in [6.45, 7) is 7.31. The molecule has 158 valence electrons. The van der Waals surface area contributed by atoms with Gasteiger partial charge in [0, 0.05) is 18.5 Å². The van der Waals surface area contributed by atoms with Gasteiger partial charge in [-0.1, -0.05) is 48.4 Å². The third kappa shape index (κ3) is 3.77. The van der Waals surface area contributed by atoms with E-state index < -0.39 is 6.10 Å². The number of likely N-dealkylation sites (N-methyl/N-ethyl adjacent to an activating group) is 1. The highest BCUT2D eigenvalue weighted by molar-refractivity contribution is 5.76. The maximum atomic E-state index is 12.8. The minimum absolute atomic E-state index is 0.0475. The van der Waals surface area contributed by atoms with E-state index in [1.807, 2.05) is 44.3 Å². The quantitative estimate of drug-likeness (QED) is 0.587. The van der Waals surface area contributed by atoms with Crippen LogP contribution >= 0.6 is 0 Å². The van der Waals surface area contributed by atoms with E-state index in [0.717, 1.165) is 18.4 Å². The highest BCUT2D eigenvalue weighted by Crippen LogP contribution is 2.55. The zero-order valence-corrected chi connectivity index (χ0v) is 18.2.